The minimum atomic E-state index is -0.351. The van der Waals surface area contributed by atoms with Crippen molar-refractivity contribution in [3.8, 4) is 0 Å². The predicted molar refractivity (Wildman–Crippen MR) is 61.4 cm³/mol. The third kappa shape index (κ3) is 2.28. The molecule has 0 N–H and O–H groups in total. The lowest BCUT2D eigenvalue weighted by molar-refractivity contribution is 0.193. The first kappa shape index (κ1) is 11.6. The Morgan fingerprint density at radius 1 is 1.69 bits per heavy atom. The van der Waals surface area contributed by atoms with Crippen LogP contribution >= 0.6 is 11.6 Å². The maximum atomic E-state index is 13.0. The van der Waals surface area contributed by atoms with Crippen LogP contribution < -0.4 is 4.90 Å². The summed E-state index contributed by atoms with van der Waals surface area (Å²) in [4.78, 5) is 6.12. The summed E-state index contributed by atoms with van der Waals surface area (Å²) in [6.07, 6.45) is 2.19. The topological polar surface area (TPSA) is 25.4 Å². The van der Waals surface area contributed by atoms with Crippen LogP contribution in [0.2, 0.25) is 0 Å². The van der Waals surface area contributed by atoms with Crippen LogP contribution in [0.3, 0.4) is 0 Å². The molecule has 88 valence electrons. The number of hydrogen-bond acceptors (Lipinski definition) is 3. The van der Waals surface area contributed by atoms with E-state index >= 15 is 0 Å². The third-order valence-electron chi connectivity index (χ3n) is 2.84. The number of anilines is 1. The van der Waals surface area contributed by atoms with Gasteiger partial charge in [0, 0.05) is 19.2 Å². The van der Waals surface area contributed by atoms with E-state index in [2.05, 4.69) is 4.98 Å². The van der Waals surface area contributed by atoms with Crippen molar-refractivity contribution >= 4 is 17.4 Å². The lowest BCUT2D eigenvalue weighted by Gasteiger charge is -2.25. The highest BCUT2D eigenvalue weighted by Crippen LogP contribution is 2.23. The van der Waals surface area contributed by atoms with Crippen molar-refractivity contribution in [2.24, 2.45) is 0 Å². The second-order valence-corrected chi connectivity index (χ2v) is 4.17. The van der Waals surface area contributed by atoms with Gasteiger partial charge < -0.3 is 9.64 Å². The Bertz CT molecular complexity index is 369. The largest absolute Gasteiger partial charge is 0.379 e. The van der Waals surface area contributed by atoms with Gasteiger partial charge in [0.05, 0.1) is 24.7 Å². The van der Waals surface area contributed by atoms with Gasteiger partial charge in [-0.2, -0.15) is 0 Å². The number of aromatic nitrogens is 1. The zero-order valence-electron chi connectivity index (χ0n) is 9.12. The van der Waals surface area contributed by atoms with Crippen LogP contribution in [-0.2, 0) is 10.6 Å². The van der Waals surface area contributed by atoms with Crippen LogP contribution in [0.1, 0.15) is 12.0 Å². The van der Waals surface area contributed by atoms with Crippen molar-refractivity contribution in [3.05, 3.63) is 23.6 Å². The van der Waals surface area contributed by atoms with Gasteiger partial charge in [0.1, 0.15) is 11.6 Å². The average molecular weight is 245 g/mol. The Kier molecular flexibility index (Phi) is 3.61. The number of likely N-dealkylation sites (N-methyl/N-ethyl adjacent to an activating group) is 1. The maximum Gasteiger partial charge on any atom is 0.141 e. The highest BCUT2D eigenvalue weighted by molar-refractivity contribution is 6.17. The summed E-state index contributed by atoms with van der Waals surface area (Å²) >= 11 is 5.79. The predicted octanol–water partition coefficient (Wildman–Crippen LogP) is 2.18. The third-order valence-corrected chi connectivity index (χ3v) is 3.13. The van der Waals surface area contributed by atoms with E-state index in [1.54, 1.807) is 0 Å². The molecule has 16 heavy (non-hydrogen) atoms. The highest BCUT2D eigenvalue weighted by Gasteiger charge is 2.23. The van der Waals surface area contributed by atoms with Crippen molar-refractivity contribution in [2.45, 2.75) is 18.3 Å². The van der Waals surface area contributed by atoms with Crippen LogP contribution in [0, 0.1) is 5.82 Å². The molecule has 1 aromatic rings. The average Bonchev–Trinajstić information content (AvgIpc) is 2.81. The molecule has 3 nitrogen and oxygen atoms in total. The summed E-state index contributed by atoms with van der Waals surface area (Å²) in [7, 11) is 1.94. The van der Waals surface area contributed by atoms with Crippen molar-refractivity contribution < 1.29 is 9.13 Å². The van der Waals surface area contributed by atoms with E-state index in [4.69, 9.17) is 16.3 Å². The van der Waals surface area contributed by atoms with Crippen molar-refractivity contribution in [1.29, 1.82) is 0 Å². The lowest BCUT2D eigenvalue weighted by atomic mass is 10.2. The number of hydrogen-bond donors (Lipinski definition) is 0. The number of nitrogens with zero attached hydrogens (tertiary/aromatic N) is 2. The zero-order valence-corrected chi connectivity index (χ0v) is 9.88. The number of halogens is 2. The van der Waals surface area contributed by atoms with Crippen LogP contribution in [0.25, 0.3) is 0 Å². The van der Waals surface area contributed by atoms with Gasteiger partial charge in [-0.05, 0) is 12.5 Å². The highest BCUT2D eigenvalue weighted by atomic mass is 35.5. The van der Waals surface area contributed by atoms with Gasteiger partial charge in [-0.3, -0.25) is 0 Å². The Hall–Kier alpha value is -0.870. The molecule has 0 aliphatic carbocycles. The van der Waals surface area contributed by atoms with Crippen molar-refractivity contribution in [2.75, 3.05) is 25.2 Å². The summed E-state index contributed by atoms with van der Waals surface area (Å²) < 4.78 is 18.3. The van der Waals surface area contributed by atoms with Gasteiger partial charge in [0.2, 0.25) is 0 Å². The summed E-state index contributed by atoms with van der Waals surface area (Å²) in [5.74, 6) is 0.653. The molecular formula is C11H14ClFN2O. The fraction of sp³-hybridized carbons (Fsp3) is 0.545. The molecule has 1 fully saturated rings. The first-order chi connectivity index (χ1) is 7.72. The molecule has 1 aliphatic heterocycles. The minimum absolute atomic E-state index is 0.262. The van der Waals surface area contributed by atoms with Gasteiger partial charge in [0.15, 0.2) is 0 Å². The normalized spacial score (nSPS) is 20.1. The molecule has 5 heteroatoms. The van der Waals surface area contributed by atoms with Crippen LogP contribution in [-0.4, -0.2) is 31.3 Å². The fourth-order valence-corrected chi connectivity index (χ4v) is 2.09. The Balaban J connectivity index is 2.24. The number of ether oxygens (including phenoxy) is 1. The van der Waals surface area contributed by atoms with Gasteiger partial charge in [-0.25, -0.2) is 9.37 Å². The molecule has 0 spiro atoms. The molecule has 0 aromatic carbocycles. The molecule has 2 rings (SSSR count). The van der Waals surface area contributed by atoms with E-state index in [9.17, 15) is 4.39 Å². The van der Waals surface area contributed by atoms with E-state index < -0.39 is 0 Å². The minimum Gasteiger partial charge on any atom is -0.379 e. The number of alkyl halides is 1. The first-order valence-corrected chi connectivity index (χ1v) is 5.77. The first-order valence-electron chi connectivity index (χ1n) is 5.23. The standard InChI is InChI=1S/C11H14ClFN2O/c1-15(10-2-3-16-7-10)11-8(5-12)4-9(13)6-14-11/h4,6,10H,2-3,5,7H2,1H3. The summed E-state index contributed by atoms with van der Waals surface area (Å²) in [6.45, 7) is 1.46. The molecule has 0 amide bonds. The fourth-order valence-electron chi connectivity index (χ4n) is 1.89. The zero-order chi connectivity index (χ0) is 11.5. The SMILES string of the molecule is CN(c1ncc(F)cc1CCl)C1CCOC1. The monoisotopic (exact) mass is 244 g/mol. The van der Waals surface area contributed by atoms with E-state index in [0.717, 1.165) is 24.4 Å². The quantitative estimate of drug-likeness (QED) is 0.763. The molecule has 1 atom stereocenters. The second-order valence-electron chi connectivity index (χ2n) is 3.90. The molecule has 1 aliphatic rings. The van der Waals surface area contributed by atoms with Crippen LogP contribution in [0.15, 0.2) is 12.3 Å². The molecule has 1 saturated heterocycles. The Morgan fingerprint density at radius 3 is 3.12 bits per heavy atom. The van der Waals surface area contributed by atoms with Gasteiger partial charge in [0.25, 0.3) is 0 Å². The lowest BCUT2D eigenvalue weighted by Crippen LogP contribution is -2.33. The smallest absolute Gasteiger partial charge is 0.141 e. The molecule has 0 bridgehead atoms. The van der Waals surface area contributed by atoms with Gasteiger partial charge in [-0.1, -0.05) is 0 Å². The summed E-state index contributed by atoms with van der Waals surface area (Å²) in [6, 6.07) is 1.74. The van der Waals surface area contributed by atoms with Crippen molar-refractivity contribution in [1.82, 2.24) is 4.98 Å². The summed E-state index contributed by atoms with van der Waals surface area (Å²) in [5, 5.41) is 0. The van der Waals surface area contributed by atoms with E-state index in [1.807, 2.05) is 11.9 Å². The van der Waals surface area contributed by atoms with Gasteiger partial charge >= 0.3 is 0 Å². The Labute approximate surface area is 99.2 Å². The van der Waals surface area contributed by atoms with E-state index in [0.29, 0.717) is 12.6 Å². The van der Waals surface area contributed by atoms with Crippen molar-refractivity contribution in [3.63, 3.8) is 0 Å². The molecular weight excluding hydrogens is 231 g/mol. The molecule has 0 saturated carbocycles. The van der Waals surface area contributed by atoms with E-state index in [-0.39, 0.29) is 11.7 Å². The second kappa shape index (κ2) is 4.97. The van der Waals surface area contributed by atoms with Gasteiger partial charge in [-0.15, -0.1) is 11.6 Å². The maximum absolute atomic E-state index is 13.0. The molecule has 1 aromatic heterocycles. The summed E-state index contributed by atoms with van der Waals surface area (Å²) in [5.41, 5.74) is 0.719. The molecule has 1 unspecified atom stereocenters. The van der Waals surface area contributed by atoms with Crippen LogP contribution in [0.5, 0.6) is 0 Å². The van der Waals surface area contributed by atoms with E-state index in [1.165, 1.54) is 12.3 Å². The number of pyridine rings is 1. The molecule has 0 radical (unpaired) electrons. The number of rotatable bonds is 3. The molecule has 2 heterocycles. The Morgan fingerprint density at radius 2 is 2.50 bits per heavy atom. The van der Waals surface area contributed by atoms with Crippen LogP contribution in [0.4, 0.5) is 10.2 Å².